The van der Waals surface area contributed by atoms with E-state index in [0.29, 0.717) is 32.5 Å². The molecule has 32 heavy (non-hydrogen) atoms. The molecule has 0 unspecified atom stereocenters. The van der Waals surface area contributed by atoms with Gasteiger partial charge in [0.1, 0.15) is 5.82 Å². The van der Waals surface area contributed by atoms with E-state index in [0.717, 1.165) is 11.3 Å². The van der Waals surface area contributed by atoms with Gasteiger partial charge in [0.2, 0.25) is 0 Å². The highest BCUT2D eigenvalue weighted by Gasteiger charge is 2.13. The molecule has 2 heterocycles. The summed E-state index contributed by atoms with van der Waals surface area (Å²) in [7, 11) is 0. The highest BCUT2D eigenvalue weighted by molar-refractivity contribution is 9.10. The Morgan fingerprint density at radius 3 is 2.62 bits per heavy atom. The second-order valence-corrected chi connectivity index (χ2v) is 8.88. The lowest BCUT2D eigenvalue weighted by atomic mass is 10.1. The Morgan fingerprint density at radius 2 is 1.88 bits per heavy atom. The third-order valence-electron chi connectivity index (χ3n) is 4.69. The maximum Gasteiger partial charge on any atom is 0.176 e. The van der Waals surface area contributed by atoms with Gasteiger partial charge >= 0.3 is 0 Å². The van der Waals surface area contributed by atoms with Crippen molar-refractivity contribution in [3.63, 3.8) is 0 Å². The SMILES string of the molecule is Cc1ccc(Cn2cc(NC(=S)Nc3nn(Cc4c(F)cccc4Cl)cc3Br)cn2)cc1. The first-order valence-electron chi connectivity index (χ1n) is 9.69. The van der Waals surface area contributed by atoms with Gasteiger partial charge in [0.25, 0.3) is 0 Å². The molecule has 2 aromatic carbocycles. The number of benzene rings is 2. The van der Waals surface area contributed by atoms with Crippen molar-refractivity contribution in [2.45, 2.75) is 20.0 Å². The van der Waals surface area contributed by atoms with E-state index in [2.05, 4.69) is 68.0 Å². The molecule has 0 aliphatic heterocycles. The number of hydrogen-bond donors (Lipinski definition) is 2. The Balaban J connectivity index is 1.37. The number of aryl methyl sites for hydroxylation is 1. The molecule has 0 spiro atoms. The minimum atomic E-state index is -0.376. The molecule has 2 aromatic heterocycles. The Labute approximate surface area is 203 Å². The number of anilines is 2. The van der Waals surface area contributed by atoms with Gasteiger partial charge < -0.3 is 10.6 Å². The van der Waals surface area contributed by atoms with E-state index < -0.39 is 0 Å². The van der Waals surface area contributed by atoms with Gasteiger partial charge in [-0.1, -0.05) is 47.5 Å². The molecule has 4 rings (SSSR count). The number of hydrogen-bond acceptors (Lipinski definition) is 3. The second-order valence-electron chi connectivity index (χ2n) is 7.21. The molecule has 0 aliphatic carbocycles. The predicted octanol–water partition coefficient (Wildman–Crippen LogP) is 5.85. The second kappa shape index (κ2) is 9.81. The van der Waals surface area contributed by atoms with E-state index in [4.69, 9.17) is 23.8 Å². The fourth-order valence-electron chi connectivity index (χ4n) is 3.07. The van der Waals surface area contributed by atoms with Gasteiger partial charge in [-0.2, -0.15) is 10.2 Å². The van der Waals surface area contributed by atoms with Crippen molar-refractivity contribution < 1.29 is 4.39 Å². The van der Waals surface area contributed by atoms with Crippen LogP contribution >= 0.6 is 39.7 Å². The molecule has 0 aliphatic rings. The summed E-state index contributed by atoms with van der Waals surface area (Å²) in [5.74, 6) is 0.125. The van der Waals surface area contributed by atoms with Crippen LogP contribution in [0, 0.1) is 12.7 Å². The molecule has 2 N–H and O–H groups in total. The number of aromatic nitrogens is 4. The van der Waals surface area contributed by atoms with Crippen LogP contribution in [0.15, 0.2) is 65.5 Å². The largest absolute Gasteiger partial charge is 0.330 e. The molecular formula is C22H19BrClFN6S. The molecule has 6 nitrogen and oxygen atoms in total. The van der Waals surface area contributed by atoms with Crippen LogP contribution in [-0.4, -0.2) is 24.7 Å². The first-order chi connectivity index (χ1) is 15.4. The highest BCUT2D eigenvalue weighted by Crippen LogP contribution is 2.24. The molecule has 0 saturated carbocycles. The molecule has 0 fully saturated rings. The van der Waals surface area contributed by atoms with Crippen LogP contribution in [0.4, 0.5) is 15.9 Å². The number of halogens is 3. The maximum atomic E-state index is 14.1. The number of thiocarbonyl (C=S) groups is 1. The molecule has 10 heteroatoms. The van der Waals surface area contributed by atoms with Crippen LogP contribution in [-0.2, 0) is 13.1 Å². The maximum absolute atomic E-state index is 14.1. The Bertz CT molecular complexity index is 1230. The summed E-state index contributed by atoms with van der Waals surface area (Å²) in [4.78, 5) is 0. The third-order valence-corrected chi connectivity index (χ3v) is 5.83. The average molecular weight is 534 g/mol. The van der Waals surface area contributed by atoms with Crippen molar-refractivity contribution in [1.29, 1.82) is 0 Å². The molecule has 0 atom stereocenters. The zero-order valence-corrected chi connectivity index (χ0v) is 20.2. The van der Waals surface area contributed by atoms with Crippen molar-refractivity contribution in [2.75, 3.05) is 10.6 Å². The number of nitrogens with one attached hydrogen (secondary N) is 2. The Kier molecular flexibility index (Phi) is 6.88. The van der Waals surface area contributed by atoms with Gasteiger partial charge in [0, 0.05) is 23.0 Å². The van der Waals surface area contributed by atoms with E-state index in [-0.39, 0.29) is 12.4 Å². The van der Waals surface area contributed by atoms with E-state index in [1.807, 2.05) is 10.9 Å². The molecular weight excluding hydrogens is 515 g/mol. The molecule has 0 radical (unpaired) electrons. The zero-order valence-electron chi connectivity index (χ0n) is 17.0. The topological polar surface area (TPSA) is 59.7 Å². The first-order valence-corrected chi connectivity index (χ1v) is 11.3. The van der Waals surface area contributed by atoms with Gasteiger partial charge in [-0.15, -0.1) is 0 Å². The van der Waals surface area contributed by atoms with E-state index in [1.165, 1.54) is 11.6 Å². The summed E-state index contributed by atoms with van der Waals surface area (Å²) in [6, 6.07) is 12.9. The quantitative estimate of drug-likeness (QED) is 0.305. The van der Waals surface area contributed by atoms with E-state index >= 15 is 0 Å². The van der Waals surface area contributed by atoms with Gasteiger partial charge in [0.05, 0.1) is 29.4 Å². The molecule has 0 amide bonds. The Hall–Kier alpha value is -2.75. The minimum absolute atomic E-state index is 0.192. The summed E-state index contributed by atoms with van der Waals surface area (Å²) < 4.78 is 18.2. The van der Waals surface area contributed by atoms with Crippen molar-refractivity contribution >= 4 is 56.4 Å². The van der Waals surface area contributed by atoms with Crippen molar-refractivity contribution in [2.24, 2.45) is 0 Å². The monoisotopic (exact) mass is 532 g/mol. The third kappa shape index (κ3) is 5.53. The predicted molar refractivity (Wildman–Crippen MR) is 133 cm³/mol. The smallest absolute Gasteiger partial charge is 0.176 e. The fourth-order valence-corrected chi connectivity index (χ4v) is 3.93. The lowest BCUT2D eigenvalue weighted by Gasteiger charge is -2.08. The van der Waals surface area contributed by atoms with Crippen LogP contribution in [0.5, 0.6) is 0 Å². The molecule has 0 bridgehead atoms. The van der Waals surface area contributed by atoms with Gasteiger partial charge in [-0.3, -0.25) is 9.36 Å². The summed E-state index contributed by atoms with van der Waals surface area (Å²) in [6.07, 6.45) is 5.31. The van der Waals surface area contributed by atoms with E-state index in [1.54, 1.807) is 29.2 Å². The summed E-state index contributed by atoms with van der Waals surface area (Å²) in [6.45, 7) is 2.92. The van der Waals surface area contributed by atoms with Crippen LogP contribution in [0.1, 0.15) is 16.7 Å². The Morgan fingerprint density at radius 1 is 1.09 bits per heavy atom. The first kappa shape index (κ1) is 22.4. The van der Waals surface area contributed by atoms with Gasteiger partial charge in [-0.05, 0) is 52.8 Å². The number of nitrogens with zero attached hydrogens (tertiary/aromatic N) is 4. The normalized spacial score (nSPS) is 10.9. The molecule has 0 saturated heterocycles. The minimum Gasteiger partial charge on any atom is -0.330 e. The average Bonchev–Trinajstić information content (AvgIpc) is 3.32. The van der Waals surface area contributed by atoms with Crippen LogP contribution in [0.25, 0.3) is 0 Å². The summed E-state index contributed by atoms with van der Waals surface area (Å²) in [5, 5.41) is 15.6. The molecule has 4 aromatic rings. The molecule has 164 valence electrons. The van der Waals surface area contributed by atoms with Crippen LogP contribution in [0.2, 0.25) is 5.02 Å². The van der Waals surface area contributed by atoms with Crippen LogP contribution < -0.4 is 10.6 Å². The van der Waals surface area contributed by atoms with Crippen LogP contribution in [0.3, 0.4) is 0 Å². The standard InChI is InChI=1S/C22H19BrClFN6S/c1-14-5-7-15(8-6-14)10-30-11-16(9-26-30)27-22(32)28-21-18(23)13-31(29-21)12-17-19(24)3-2-4-20(17)25/h2-9,11,13H,10,12H2,1H3,(H2,27,28,29,32). The summed E-state index contributed by atoms with van der Waals surface area (Å²) >= 11 is 15.0. The van der Waals surface area contributed by atoms with E-state index in [9.17, 15) is 4.39 Å². The fraction of sp³-hybridized carbons (Fsp3) is 0.136. The lowest BCUT2D eigenvalue weighted by molar-refractivity contribution is 0.586. The summed E-state index contributed by atoms with van der Waals surface area (Å²) in [5.41, 5.74) is 3.51. The van der Waals surface area contributed by atoms with Gasteiger partial charge in [-0.25, -0.2) is 4.39 Å². The van der Waals surface area contributed by atoms with Gasteiger partial charge in [0.15, 0.2) is 10.9 Å². The van der Waals surface area contributed by atoms with Crippen molar-refractivity contribution in [3.05, 3.63) is 93.1 Å². The number of rotatable bonds is 6. The van der Waals surface area contributed by atoms with Crippen molar-refractivity contribution in [1.82, 2.24) is 19.6 Å². The van der Waals surface area contributed by atoms with Crippen molar-refractivity contribution in [3.8, 4) is 0 Å². The highest BCUT2D eigenvalue weighted by atomic mass is 79.9. The lowest BCUT2D eigenvalue weighted by Crippen LogP contribution is -2.19. The zero-order chi connectivity index (χ0) is 22.7.